The van der Waals surface area contributed by atoms with E-state index >= 15 is 0 Å². The monoisotopic (exact) mass is 234 g/mol. The second kappa shape index (κ2) is 6.33. The van der Waals surface area contributed by atoms with Crippen molar-refractivity contribution in [2.45, 2.75) is 25.5 Å². The Kier molecular flexibility index (Phi) is 5.38. The van der Waals surface area contributed by atoms with Crippen molar-refractivity contribution in [1.29, 1.82) is 0 Å². The molecule has 0 aromatic carbocycles. The molecule has 0 saturated carbocycles. The highest BCUT2D eigenvalue weighted by Crippen LogP contribution is 2.12. The van der Waals surface area contributed by atoms with E-state index in [-0.39, 0.29) is 27.8 Å². The van der Waals surface area contributed by atoms with Crippen LogP contribution in [0, 0.1) is 5.92 Å². The van der Waals surface area contributed by atoms with Crippen molar-refractivity contribution in [3.05, 3.63) is 0 Å². The number of hydrogen-bond acceptors (Lipinski definition) is 4. The zero-order chi connectivity index (χ0) is 10.4. The summed E-state index contributed by atoms with van der Waals surface area (Å²) in [5, 5.41) is 0. The third-order valence-electron chi connectivity index (χ3n) is 2.20. The topological polar surface area (TPSA) is 48.1 Å². The lowest BCUT2D eigenvalue weighted by molar-refractivity contribution is -0.148. The first-order chi connectivity index (χ1) is 6.74. The number of esters is 1. The Morgan fingerprint density at radius 1 is 1.79 bits per heavy atom. The highest BCUT2D eigenvalue weighted by Gasteiger charge is 2.25. The first-order valence-electron chi connectivity index (χ1n) is 5.01. The molecule has 82 valence electrons. The van der Waals surface area contributed by atoms with Crippen LogP contribution in [-0.4, -0.2) is 45.5 Å². The average Bonchev–Trinajstić information content (AvgIpc) is 2.98. The van der Waals surface area contributed by atoms with Gasteiger partial charge in [-0.15, -0.1) is 0 Å². The van der Waals surface area contributed by atoms with Gasteiger partial charge in [-0.1, -0.05) is 6.92 Å². The second-order valence-electron chi connectivity index (χ2n) is 3.62. The summed E-state index contributed by atoms with van der Waals surface area (Å²) in [6.07, 6.45) is 1.07. The Morgan fingerprint density at radius 2 is 2.50 bits per heavy atom. The highest BCUT2D eigenvalue weighted by atomic mass is 28.3. The summed E-state index contributed by atoms with van der Waals surface area (Å²) in [6.45, 7) is 3.08. The van der Waals surface area contributed by atoms with Gasteiger partial charge in [0.2, 0.25) is 0 Å². The summed E-state index contributed by atoms with van der Waals surface area (Å²) in [5.74, 6) is -0.0825. The molecule has 4 nitrogen and oxygen atoms in total. The van der Waals surface area contributed by atoms with Crippen molar-refractivity contribution in [2.24, 2.45) is 5.92 Å². The zero-order valence-corrected chi connectivity index (χ0v) is 12.2. The van der Waals surface area contributed by atoms with E-state index in [4.69, 9.17) is 13.6 Å². The van der Waals surface area contributed by atoms with Gasteiger partial charge in [0.1, 0.15) is 33.0 Å². The molecule has 1 aliphatic rings. The number of hydrogen-bond donors (Lipinski definition) is 0. The molecule has 0 radical (unpaired) electrons. The summed E-state index contributed by atoms with van der Waals surface area (Å²) in [6, 6.07) is 1.07. The molecule has 1 saturated heterocycles. The van der Waals surface area contributed by atoms with Crippen molar-refractivity contribution in [2.75, 3.05) is 13.2 Å². The lowest BCUT2D eigenvalue weighted by atomic mass is 10.1. The van der Waals surface area contributed by atoms with Crippen LogP contribution in [0.25, 0.3) is 0 Å². The first kappa shape index (κ1) is 11.9. The Hall–Kier alpha value is -0.176. The number of rotatable bonds is 7. The maximum absolute atomic E-state index is 11.4. The van der Waals surface area contributed by atoms with Crippen LogP contribution in [0.3, 0.4) is 0 Å². The molecule has 1 heterocycles. The third-order valence-corrected chi connectivity index (χ3v) is 4.53. The minimum absolute atomic E-state index is 0.0121. The molecule has 0 amide bonds. The van der Waals surface area contributed by atoms with Crippen LogP contribution >= 0.6 is 0 Å². The van der Waals surface area contributed by atoms with Crippen LogP contribution in [0.4, 0.5) is 0 Å². The molecule has 2 unspecified atom stereocenters. The normalized spacial score (nSPS) is 22.8. The Labute approximate surface area is 89.8 Å². The SMILES string of the molecule is CC(CC[SiH2]O[SiH3])C(=O)OCC1CO1. The fraction of sp³-hybridized carbons (Fsp3) is 0.875. The van der Waals surface area contributed by atoms with Gasteiger partial charge in [-0.3, -0.25) is 4.79 Å². The standard InChI is InChI=1S/C8H18O4Si2/c1-6(2-3-14-12-13)8(9)11-5-7-4-10-7/h6-7H,2-5,14H2,1,13H3. The maximum Gasteiger partial charge on any atom is 0.308 e. The number of epoxide rings is 1. The molecule has 6 heteroatoms. The molecule has 0 bridgehead atoms. The third kappa shape index (κ3) is 4.89. The molecular formula is C8H18O4Si2. The van der Waals surface area contributed by atoms with Crippen LogP contribution in [0.15, 0.2) is 0 Å². The lowest BCUT2D eigenvalue weighted by Crippen LogP contribution is -2.18. The summed E-state index contributed by atoms with van der Waals surface area (Å²) in [5.41, 5.74) is 0. The van der Waals surface area contributed by atoms with Crippen molar-refractivity contribution in [3.63, 3.8) is 0 Å². The quantitative estimate of drug-likeness (QED) is 0.239. The van der Waals surface area contributed by atoms with Crippen molar-refractivity contribution in [3.8, 4) is 0 Å². The molecule has 0 aromatic heterocycles. The maximum atomic E-state index is 11.4. The zero-order valence-electron chi connectivity index (χ0n) is 8.82. The fourth-order valence-electron chi connectivity index (χ4n) is 1.13. The Morgan fingerprint density at radius 3 is 3.07 bits per heavy atom. The van der Waals surface area contributed by atoms with E-state index in [0.717, 1.165) is 29.6 Å². The van der Waals surface area contributed by atoms with Gasteiger partial charge in [0.05, 0.1) is 12.5 Å². The van der Waals surface area contributed by atoms with Crippen LogP contribution in [0.1, 0.15) is 13.3 Å². The molecule has 0 aliphatic carbocycles. The minimum Gasteiger partial charge on any atom is -0.468 e. The van der Waals surface area contributed by atoms with Crippen LogP contribution in [-0.2, 0) is 18.4 Å². The van der Waals surface area contributed by atoms with E-state index in [1.165, 1.54) is 0 Å². The second-order valence-corrected chi connectivity index (χ2v) is 7.05. The Balaban J connectivity index is 2.02. The van der Waals surface area contributed by atoms with Gasteiger partial charge >= 0.3 is 5.97 Å². The molecule has 1 rings (SSSR count). The predicted octanol–water partition coefficient (Wildman–Crippen LogP) is -1.25. The van der Waals surface area contributed by atoms with Gasteiger partial charge in [0.25, 0.3) is 0 Å². The molecule has 1 aliphatic heterocycles. The van der Waals surface area contributed by atoms with Gasteiger partial charge in [-0.2, -0.15) is 0 Å². The van der Waals surface area contributed by atoms with E-state index in [0.29, 0.717) is 6.61 Å². The first-order valence-corrected chi connectivity index (χ1v) is 7.40. The summed E-state index contributed by atoms with van der Waals surface area (Å²) in [7, 11) is 0.491. The van der Waals surface area contributed by atoms with E-state index in [9.17, 15) is 4.79 Å². The largest absolute Gasteiger partial charge is 0.468 e. The number of carbonyl (C=O) groups excluding carboxylic acids is 1. The van der Waals surface area contributed by atoms with E-state index in [2.05, 4.69) is 0 Å². The number of carbonyl (C=O) groups is 1. The van der Waals surface area contributed by atoms with Gasteiger partial charge in [-0.25, -0.2) is 0 Å². The smallest absolute Gasteiger partial charge is 0.308 e. The number of ether oxygens (including phenoxy) is 2. The minimum atomic E-state index is -0.341. The van der Waals surface area contributed by atoms with Crippen molar-refractivity contribution < 1.29 is 18.4 Å². The van der Waals surface area contributed by atoms with Crippen LogP contribution in [0.5, 0.6) is 0 Å². The molecular weight excluding hydrogens is 216 g/mol. The van der Waals surface area contributed by atoms with E-state index < -0.39 is 0 Å². The fourth-order valence-corrected chi connectivity index (χ4v) is 3.07. The van der Waals surface area contributed by atoms with Gasteiger partial charge in [0.15, 0.2) is 0 Å². The van der Waals surface area contributed by atoms with E-state index in [1.54, 1.807) is 0 Å². The summed E-state index contributed by atoms with van der Waals surface area (Å²) < 4.78 is 15.2. The molecule has 0 N–H and O–H groups in total. The van der Waals surface area contributed by atoms with Gasteiger partial charge in [-0.05, 0) is 12.5 Å². The molecule has 0 aromatic rings. The average molecular weight is 234 g/mol. The van der Waals surface area contributed by atoms with Crippen molar-refractivity contribution in [1.82, 2.24) is 0 Å². The van der Waals surface area contributed by atoms with Crippen LogP contribution in [0.2, 0.25) is 6.04 Å². The van der Waals surface area contributed by atoms with E-state index in [1.807, 2.05) is 6.92 Å². The Bertz CT molecular complexity index is 184. The highest BCUT2D eigenvalue weighted by molar-refractivity contribution is 6.34. The molecule has 0 spiro atoms. The molecule has 2 atom stereocenters. The molecule has 14 heavy (non-hydrogen) atoms. The summed E-state index contributed by atoms with van der Waals surface area (Å²) in [4.78, 5) is 11.4. The molecule has 1 fully saturated rings. The van der Waals surface area contributed by atoms with Gasteiger partial charge in [0, 0.05) is 0 Å². The predicted molar refractivity (Wildman–Crippen MR) is 58.9 cm³/mol. The van der Waals surface area contributed by atoms with Crippen molar-refractivity contribution >= 4 is 26.2 Å². The lowest BCUT2D eigenvalue weighted by Gasteiger charge is -2.09. The summed E-state index contributed by atoms with van der Waals surface area (Å²) >= 11 is 0. The van der Waals surface area contributed by atoms with Crippen LogP contribution < -0.4 is 0 Å². The van der Waals surface area contributed by atoms with Gasteiger partial charge < -0.3 is 13.6 Å².